The SMILES string of the molecule is CC/C=C(Cl)\C(C(=O)N(CC)c1cnc(N(CC)CC)nc1NC(Cc1ccc(OC(=O)N(C)CCC)cc1)C(=O)O)=C(/C)Cl. The summed E-state index contributed by atoms with van der Waals surface area (Å²) in [6.45, 7) is 13.2. The highest BCUT2D eigenvalue weighted by Crippen LogP contribution is 2.31. The molecule has 1 atom stereocenters. The van der Waals surface area contributed by atoms with Crippen LogP contribution >= 0.6 is 23.2 Å². The number of nitrogens with one attached hydrogen (secondary N) is 1. The molecule has 1 unspecified atom stereocenters. The van der Waals surface area contributed by atoms with Gasteiger partial charge in [0, 0.05) is 44.7 Å². The molecule has 1 heterocycles. The summed E-state index contributed by atoms with van der Waals surface area (Å²) in [5.41, 5.74) is 1.09. The molecule has 2 N–H and O–H groups in total. The average molecular weight is 664 g/mol. The Labute approximate surface area is 275 Å². The van der Waals surface area contributed by atoms with Crippen LogP contribution in [0.25, 0.3) is 0 Å². The van der Waals surface area contributed by atoms with Crippen LogP contribution in [-0.4, -0.2) is 77.2 Å². The molecular formula is C32H44Cl2N6O5. The van der Waals surface area contributed by atoms with Gasteiger partial charge in [0.05, 0.1) is 16.8 Å². The Balaban J connectivity index is 2.50. The first-order chi connectivity index (χ1) is 21.4. The standard InChI is InChI=1S/C32H44Cl2N6O5/c1-8-13-24(34)27(21(6)33)29(41)40(12-5)26-20-35-31(39(10-3)11-4)37-28(26)36-25(30(42)43)19-22-14-16-23(17-15-22)45-32(44)38(7)18-9-2/h13-17,20,25H,8-12,18-19H2,1-7H3,(H,42,43)(H,35,36,37)/b24-13+,27-21-. The van der Waals surface area contributed by atoms with Gasteiger partial charge in [-0.25, -0.2) is 14.6 Å². The van der Waals surface area contributed by atoms with E-state index in [1.807, 2.05) is 32.6 Å². The molecule has 0 fully saturated rings. The molecule has 246 valence electrons. The fourth-order valence-electron chi connectivity index (χ4n) is 4.48. The third-order valence-corrected chi connectivity index (χ3v) is 7.42. The van der Waals surface area contributed by atoms with Crippen LogP contribution in [0.15, 0.2) is 52.2 Å². The van der Waals surface area contributed by atoms with Gasteiger partial charge in [0.25, 0.3) is 5.91 Å². The lowest BCUT2D eigenvalue weighted by molar-refractivity contribution is -0.137. The number of carbonyl (C=O) groups excluding carboxylic acids is 2. The van der Waals surface area contributed by atoms with Gasteiger partial charge >= 0.3 is 12.1 Å². The van der Waals surface area contributed by atoms with Crippen molar-refractivity contribution >= 4 is 58.6 Å². The minimum atomic E-state index is -1.13. The van der Waals surface area contributed by atoms with Gasteiger partial charge in [-0.15, -0.1) is 0 Å². The Bertz CT molecular complexity index is 1370. The lowest BCUT2D eigenvalue weighted by Gasteiger charge is -2.27. The molecular weight excluding hydrogens is 619 g/mol. The van der Waals surface area contributed by atoms with E-state index in [9.17, 15) is 19.5 Å². The molecule has 2 aromatic rings. The molecule has 0 aliphatic heterocycles. The van der Waals surface area contributed by atoms with Gasteiger partial charge in [0.15, 0.2) is 5.82 Å². The van der Waals surface area contributed by atoms with Crippen molar-refractivity contribution in [2.45, 2.75) is 66.8 Å². The number of hydrogen-bond donors (Lipinski definition) is 2. The highest BCUT2D eigenvalue weighted by molar-refractivity contribution is 6.40. The van der Waals surface area contributed by atoms with Gasteiger partial charge in [0.1, 0.15) is 17.5 Å². The number of carboxylic acid groups (broad SMARTS) is 1. The summed E-state index contributed by atoms with van der Waals surface area (Å²) in [5, 5.41) is 13.7. The fourth-order valence-corrected chi connectivity index (χ4v) is 5.09. The van der Waals surface area contributed by atoms with E-state index in [2.05, 4.69) is 15.3 Å². The largest absolute Gasteiger partial charge is 0.480 e. The molecule has 0 bridgehead atoms. The van der Waals surface area contributed by atoms with E-state index in [-0.39, 0.29) is 40.1 Å². The third kappa shape index (κ3) is 10.4. The van der Waals surface area contributed by atoms with Crippen LogP contribution in [0.1, 0.15) is 59.9 Å². The number of aliphatic carboxylic acids is 1. The molecule has 0 aliphatic carbocycles. The number of benzene rings is 1. The summed E-state index contributed by atoms with van der Waals surface area (Å²) in [5.74, 6) is -0.697. The Kier molecular flexibility index (Phi) is 15.1. The van der Waals surface area contributed by atoms with Crippen molar-refractivity contribution in [2.75, 3.05) is 48.3 Å². The normalized spacial score (nSPS) is 12.6. The fraction of sp³-hybridized carbons (Fsp3) is 0.469. The van der Waals surface area contributed by atoms with Crippen LogP contribution in [0.4, 0.5) is 22.2 Å². The number of likely N-dealkylation sites (N-methyl/N-ethyl adjacent to an activating group) is 1. The molecule has 1 aromatic heterocycles. The summed E-state index contributed by atoms with van der Waals surface area (Å²) >= 11 is 12.8. The van der Waals surface area contributed by atoms with Crippen molar-refractivity contribution < 1.29 is 24.2 Å². The molecule has 0 saturated heterocycles. The molecule has 1 aromatic carbocycles. The van der Waals surface area contributed by atoms with E-state index in [0.29, 0.717) is 43.3 Å². The minimum Gasteiger partial charge on any atom is -0.480 e. The number of ether oxygens (including phenoxy) is 1. The van der Waals surface area contributed by atoms with E-state index in [4.69, 9.17) is 27.9 Å². The summed E-state index contributed by atoms with van der Waals surface area (Å²) in [7, 11) is 1.66. The molecule has 13 heteroatoms. The molecule has 0 aliphatic rings. The van der Waals surface area contributed by atoms with Gasteiger partial charge < -0.3 is 29.9 Å². The Hall–Kier alpha value is -3.83. The molecule has 2 amide bonds. The van der Waals surface area contributed by atoms with Crippen molar-refractivity contribution in [3.8, 4) is 5.75 Å². The lowest BCUT2D eigenvalue weighted by atomic mass is 10.1. The number of amides is 2. The van der Waals surface area contributed by atoms with Crippen molar-refractivity contribution in [1.29, 1.82) is 0 Å². The predicted molar refractivity (Wildman–Crippen MR) is 181 cm³/mol. The van der Waals surface area contributed by atoms with Crippen LogP contribution in [0.5, 0.6) is 5.75 Å². The Morgan fingerprint density at radius 3 is 2.20 bits per heavy atom. The highest BCUT2D eigenvalue weighted by Gasteiger charge is 2.28. The van der Waals surface area contributed by atoms with Crippen LogP contribution in [0.3, 0.4) is 0 Å². The monoisotopic (exact) mass is 662 g/mol. The Morgan fingerprint density at radius 1 is 1.04 bits per heavy atom. The molecule has 0 saturated carbocycles. The Morgan fingerprint density at radius 2 is 1.69 bits per heavy atom. The van der Waals surface area contributed by atoms with Gasteiger partial charge in [-0.3, -0.25) is 4.79 Å². The first kappa shape index (κ1) is 37.4. The highest BCUT2D eigenvalue weighted by atomic mass is 35.5. The third-order valence-electron chi connectivity index (χ3n) is 6.88. The molecule has 0 spiro atoms. The van der Waals surface area contributed by atoms with Gasteiger partial charge in [0.2, 0.25) is 5.95 Å². The lowest BCUT2D eigenvalue weighted by Crippen LogP contribution is -2.37. The summed E-state index contributed by atoms with van der Waals surface area (Å²) in [4.78, 5) is 52.6. The second-order valence-electron chi connectivity index (χ2n) is 10.2. The van der Waals surface area contributed by atoms with Gasteiger partial charge in [-0.05, 0) is 58.2 Å². The number of rotatable bonds is 16. The first-order valence-electron chi connectivity index (χ1n) is 15.1. The second kappa shape index (κ2) is 18.2. The summed E-state index contributed by atoms with van der Waals surface area (Å²) < 4.78 is 5.40. The topological polar surface area (TPSA) is 128 Å². The predicted octanol–water partition coefficient (Wildman–Crippen LogP) is 6.67. The van der Waals surface area contributed by atoms with E-state index in [1.165, 1.54) is 16.0 Å². The van der Waals surface area contributed by atoms with Crippen molar-refractivity contribution in [3.05, 3.63) is 57.7 Å². The quantitative estimate of drug-likeness (QED) is 0.150. The molecule has 0 radical (unpaired) electrons. The zero-order chi connectivity index (χ0) is 33.7. The zero-order valence-electron chi connectivity index (χ0n) is 27.1. The summed E-state index contributed by atoms with van der Waals surface area (Å²) in [6.07, 6.45) is 4.19. The maximum absolute atomic E-state index is 13.8. The van der Waals surface area contributed by atoms with Crippen molar-refractivity contribution in [3.63, 3.8) is 0 Å². The number of hydrogen-bond acceptors (Lipinski definition) is 8. The van der Waals surface area contributed by atoms with E-state index >= 15 is 0 Å². The van der Waals surface area contributed by atoms with Crippen molar-refractivity contribution in [1.82, 2.24) is 14.9 Å². The van der Waals surface area contributed by atoms with Crippen LogP contribution in [-0.2, 0) is 16.0 Å². The van der Waals surface area contributed by atoms with E-state index < -0.39 is 24.0 Å². The maximum atomic E-state index is 13.8. The number of halogens is 2. The van der Waals surface area contributed by atoms with Gasteiger partial charge in [-0.1, -0.05) is 55.3 Å². The average Bonchev–Trinajstić information content (AvgIpc) is 2.99. The van der Waals surface area contributed by atoms with Crippen LogP contribution < -0.4 is 19.9 Å². The first-order valence-corrected chi connectivity index (χ1v) is 15.8. The molecule has 11 nitrogen and oxygen atoms in total. The number of allylic oxidation sites excluding steroid dienone is 2. The second-order valence-corrected chi connectivity index (χ2v) is 11.1. The van der Waals surface area contributed by atoms with Crippen molar-refractivity contribution in [2.24, 2.45) is 0 Å². The minimum absolute atomic E-state index is 0.0699. The van der Waals surface area contributed by atoms with Crippen LogP contribution in [0.2, 0.25) is 0 Å². The smallest absolute Gasteiger partial charge is 0.414 e. The zero-order valence-corrected chi connectivity index (χ0v) is 28.6. The number of carboxylic acids is 1. The van der Waals surface area contributed by atoms with Crippen LogP contribution in [0, 0.1) is 0 Å². The number of nitrogens with zero attached hydrogens (tertiary/aromatic N) is 5. The van der Waals surface area contributed by atoms with E-state index in [0.717, 1.165) is 6.42 Å². The van der Waals surface area contributed by atoms with Gasteiger partial charge in [-0.2, -0.15) is 4.98 Å². The van der Waals surface area contributed by atoms with E-state index in [1.54, 1.807) is 51.2 Å². The number of anilines is 3. The molecule has 2 rings (SSSR count). The number of aromatic nitrogens is 2. The maximum Gasteiger partial charge on any atom is 0.414 e. The molecule has 45 heavy (non-hydrogen) atoms. The summed E-state index contributed by atoms with van der Waals surface area (Å²) in [6, 6.07) is 5.51. The number of carbonyl (C=O) groups is 3.